The molecule has 8 heteroatoms. The second kappa shape index (κ2) is 37.1. The number of carboxylic acids is 1. The van der Waals surface area contributed by atoms with Crippen LogP contribution in [0.25, 0.3) is 0 Å². The Morgan fingerprint density at radius 3 is 1.18 bits per heavy atom. The number of nitrogens with one attached hydrogen (secondary N) is 1. The first-order valence-corrected chi connectivity index (χ1v) is 20.7. The monoisotopic (exact) mass is 695 g/mol. The average molecular weight is 695 g/mol. The fourth-order valence-electron chi connectivity index (χ4n) is 6.12. The minimum Gasteiger partial charge on any atom is -0.550 e. The number of carbonyl (C=O) groups is 4. The van der Waals surface area contributed by atoms with Gasteiger partial charge in [0.2, 0.25) is 5.91 Å². The Hall–Kier alpha value is -2.12. The Morgan fingerprint density at radius 1 is 0.469 bits per heavy atom. The summed E-state index contributed by atoms with van der Waals surface area (Å²) < 4.78 is 10.8. The third-order valence-electron chi connectivity index (χ3n) is 9.32. The van der Waals surface area contributed by atoms with E-state index < -0.39 is 36.3 Å². The van der Waals surface area contributed by atoms with E-state index in [4.69, 9.17) is 9.47 Å². The molecular weight excluding hydrogens is 618 g/mol. The van der Waals surface area contributed by atoms with Crippen molar-refractivity contribution in [2.45, 2.75) is 225 Å². The number of unbranched alkanes of at least 4 members (excludes halogenated alkanes) is 26. The maximum atomic E-state index is 12.8. The highest BCUT2D eigenvalue weighted by atomic mass is 16.5. The van der Waals surface area contributed by atoms with Crippen LogP contribution in [0.3, 0.4) is 0 Å². The first kappa shape index (κ1) is 46.9. The molecule has 1 atom stereocenters. The molecule has 0 aliphatic rings. The lowest BCUT2D eigenvalue weighted by Gasteiger charge is -2.18. The molecule has 0 rings (SSSR count). The van der Waals surface area contributed by atoms with E-state index in [2.05, 4.69) is 19.2 Å². The summed E-state index contributed by atoms with van der Waals surface area (Å²) in [5.74, 6) is -2.93. The van der Waals surface area contributed by atoms with Crippen LogP contribution in [0.1, 0.15) is 219 Å². The quantitative estimate of drug-likeness (QED) is 0.0504. The first-order chi connectivity index (χ1) is 23.9. The van der Waals surface area contributed by atoms with Gasteiger partial charge in [-0.25, -0.2) is 4.79 Å². The van der Waals surface area contributed by atoms with Crippen LogP contribution in [0.2, 0.25) is 0 Å². The number of rotatable bonds is 38. The second-order valence-corrected chi connectivity index (χ2v) is 14.1. The van der Waals surface area contributed by atoms with Gasteiger partial charge in [-0.1, -0.05) is 181 Å². The fourth-order valence-corrected chi connectivity index (χ4v) is 6.12. The lowest BCUT2D eigenvalue weighted by atomic mass is 10.0. The summed E-state index contributed by atoms with van der Waals surface area (Å²) in [5.41, 5.74) is 0. The molecule has 0 radical (unpaired) electrons. The molecule has 0 spiro atoms. The number of aliphatic carboxylic acids is 1. The van der Waals surface area contributed by atoms with Crippen LogP contribution in [-0.2, 0) is 28.7 Å². The molecule has 0 aliphatic carbocycles. The molecule has 0 aromatic rings. The predicted molar refractivity (Wildman–Crippen MR) is 198 cm³/mol. The number of hydrogen-bond donors (Lipinski definition) is 1. The number of esters is 2. The topological polar surface area (TPSA) is 122 Å². The van der Waals surface area contributed by atoms with Gasteiger partial charge in [-0.05, 0) is 25.7 Å². The number of carbonyl (C=O) groups excluding carboxylic acids is 4. The molecule has 0 fully saturated rings. The van der Waals surface area contributed by atoms with Gasteiger partial charge in [0.1, 0.15) is 6.04 Å². The van der Waals surface area contributed by atoms with Gasteiger partial charge in [-0.15, -0.1) is 0 Å². The van der Waals surface area contributed by atoms with Gasteiger partial charge in [0.05, 0.1) is 13.2 Å². The van der Waals surface area contributed by atoms with Crippen molar-refractivity contribution in [3.05, 3.63) is 0 Å². The molecule has 0 saturated heterocycles. The molecule has 0 bridgehead atoms. The third kappa shape index (κ3) is 35.5. The third-order valence-corrected chi connectivity index (χ3v) is 9.32. The number of ether oxygens (including phenoxy) is 2. The average Bonchev–Trinajstić information content (AvgIpc) is 3.08. The predicted octanol–water partition coefficient (Wildman–Crippen LogP) is 9.83. The summed E-state index contributed by atoms with van der Waals surface area (Å²) in [5, 5.41) is 13.3. The molecule has 8 nitrogen and oxygen atoms in total. The van der Waals surface area contributed by atoms with Gasteiger partial charge in [0.25, 0.3) is 0 Å². The molecule has 0 aromatic carbocycles. The highest BCUT2D eigenvalue weighted by molar-refractivity contribution is 5.86. The highest BCUT2D eigenvalue weighted by Crippen LogP contribution is 2.15. The van der Waals surface area contributed by atoms with E-state index in [-0.39, 0.29) is 25.9 Å². The van der Waals surface area contributed by atoms with E-state index in [1.54, 1.807) is 0 Å². The Kier molecular flexibility index (Phi) is 35.5. The van der Waals surface area contributed by atoms with Crippen molar-refractivity contribution in [2.75, 3.05) is 13.2 Å². The van der Waals surface area contributed by atoms with Gasteiger partial charge in [-0.2, -0.15) is 0 Å². The van der Waals surface area contributed by atoms with Crippen molar-refractivity contribution in [3.63, 3.8) is 0 Å². The van der Waals surface area contributed by atoms with Crippen molar-refractivity contribution >= 4 is 23.8 Å². The first-order valence-electron chi connectivity index (χ1n) is 20.7. The van der Waals surface area contributed by atoms with Crippen molar-refractivity contribution in [2.24, 2.45) is 0 Å². The van der Waals surface area contributed by atoms with E-state index in [1.807, 2.05) is 0 Å². The van der Waals surface area contributed by atoms with E-state index in [1.165, 1.54) is 141 Å². The zero-order valence-electron chi connectivity index (χ0n) is 32.0. The zero-order chi connectivity index (χ0) is 36.0. The van der Waals surface area contributed by atoms with Gasteiger partial charge in [0.15, 0.2) is 0 Å². The summed E-state index contributed by atoms with van der Waals surface area (Å²) in [6.45, 7) is 5.11. The van der Waals surface area contributed by atoms with Crippen molar-refractivity contribution in [1.82, 2.24) is 5.32 Å². The van der Waals surface area contributed by atoms with Crippen LogP contribution < -0.4 is 10.4 Å². The summed E-state index contributed by atoms with van der Waals surface area (Å²) in [6, 6.07) is -1.02. The van der Waals surface area contributed by atoms with Gasteiger partial charge >= 0.3 is 11.9 Å². The van der Waals surface area contributed by atoms with Crippen LogP contribution in [0.4, 0.5) is 0 Å². The maximum Gasteiger partial charge on any atom is 0.328 e. The van der Waals surface area contributed by atoms with Crippen LogP contribution >= 0.6 is 0 Å². The number of carboxylic acid groups (broad SMARTS) is 1. The Balaban J connectivity index is 4.05. The molecule has 49 heavy (non-hydrogen) atoms. The number of amides is 1. The van der Waals surface area contributed by atoms with Crippen LogP contribution in [-0.4, -0.2) is 43.1 Å². The molecule has 0 unspecified atom stereocenters. The van der Waals surface area contributed by atoms with Crippen LogP contribution in [0.5, 0.6) is 0 Å². The Bertz CT molecular complexity index is 788. The van der Waals surface area contributed by atoms with E-state index in [0.717, 1.165) is 38.5 Å². The fraction of sp³-hybridized carbons (Fsp3) is 0.902. The SMILES string of the molecule is CCCCCCCCCCCCCCCCOC(=O)CC[C@H](NC(=O)CCC(=O)[O-])C(=O)OCCCCCCCCCCCCCCCC. The molecular formula is C41H76NO7-. The maximum absolute atomic E-state index is 12.8. The lowest BCUT2D eigenvalue weighted by molar-refractivity contribution is -0.305. The van der Waals surface area contributed by atoms with Gasteiger partial charge in [-0.3, -0.25) is 9.59 Å². The summed E-state index contributed by atoms with van der Waals surface area (Å²) in [6.07, 6.45) is 34.2. The highest BCUT2D eigenvalue weighted by Gasteiger charge is 2.23. The van der Waals surface area contributed by atoms with Gasteiger partial charge < -0.3 is 24.7 Å². The molecule has 1 N–H and O–H groups in total. The minimum atomic E-state index is -1.33. The summed E-state index contributed by atoms with van der Waals surface area (Å²) in [4.78, 5) is 48.1. The molecule has 1 amide bonds. The van der Waals surface area contributed by atoms with Crippen molar-refractivity contribution in [3.8, 4) is 0 Å². The van der Waals surface area contributed by atoms with E-state index in [9.17, 15) is 24.3 Å². The zero-order valence-corrected chi connectivity index (χ0v) is 32.0. The molecule has 288 valence electrons. The van der Waals surface area contributed by atoms with E-state index in [0.29, 0.717) is 6.61 Å². The number of hydrogen-bond acceptors (Lipinski definition) is 7. The van der Waals surface area contributed by atoms with Crippen LogP contribution in [0, 0.1) is 0 Å². The molecule has 0 aromatic heterocycles. The molecule has 0 heterocycles. The second-order valence-electron chi connectivity index (χ2n) is 14.1. The normalized spacial score (nSPS) is 11.7. The summed E-state index contributed by atoms with van der Waals surface area (Å²) in [7, 11) is 0. The Labute approximate surface area is 301 Å². The largest absolute Gasteiger partial charge is 0.550 e. The molecule has 0 aliphatic heterocycles. The van der Waals surface area contributed by atoms with Crippen molar-refractivity contribution < 1.29 is 33.8 Å². The van der Waals surface area contributed by atoms with E-state index >= 15 is 0 Å². The van der Waals surface area contributed by atoms with Crippen molar-refractivity contribution in [1.29, 1.82) is 0 Å². The van der Waals surface area contributed by atoms with Crippen LogP contribution in [0.15, 0.2) is 0 Å². The standard InChI is InChI=1S/C41H77NO7/c1-3-5-7-9-11-13-15-17-19-21-23-25-27-29-35-48-40(46)34-31-37(42-38(43)32-33-39(44)45)41(47)49-36-30-28-26-24-22-20-18-16-14-12-10-8-6-4-2/h37H,3-36H2,1-2H3,(H,42,43)(H,44,45)/p-1/t37-/m0/s1. The smallest absolute Gasteiger partial charge is 0.328 e. The lowest BCUT2D eigenvalue weighted by Crippen LogP contribution is -2.42. The molecule has 0 saturated carbocycles. The van der Waals surface area contributed by atoms with Gasteiger partial charge in [0, 0.05) is 18.8 Å². The minimum absolute atomic E-state index is 0.0298. The Morgan fingerprint density at radius 2 is 0.816 bits per heavy atom. The summed E-state index contributed by atoms with van der Waals surface area (Å²) >= 11 is 0.